The molecule has 0 fully saturated rings. The maximum atomic E-state index is 2.35. The van der Waals surface area contributed by atoms with E-state index in [1.54, 1.807) is 8.70 Å². The van der Waals surface area contributed by atoms with Crippen molar-refractivity contribution in [3.05, 3.63) is 103 Å². The summed E-state index contributed by atoms with van der Waals surface area (Å²) in [7, 11) is 0. The molecule has 0 amide bonds. The van der Waals surface area contributed by atoms with Crippen LogP contribution in [0.4, 0.5) is 0 Å². The van der Waals surface area contributed by atoms with Gasteiger partial charge >= 0.3 is 153 Å². The average Bonchev–Trinajstić information content (AvgIpc) is 3.03. The van der Waals surface area contributed by atoms with E-state index in [2.05, 4.69) is 103 Å². The van der Waals surface area contributed by atoms with Gasteiger partial charge in [0.15, 0.2) is 0 Å². The molecule has 5 rings (SSSR count). The molecule has 0 unspecified atom stereocenters. The Hall–Kier alpha value is -2.56. The standard InChI is InChI=1S/C24H17As/c1-2-8-18(9-3-1)19-14-16-20(17-15-19)25-23-12-6-4-10-21(23)22-11-5-7-13-24(22)25/h1-17H. The second-order valence-electron chi connectivity index (χ2n) is 6.28. The molecular formula is C24H17As. The summed E-state index contributed by atoms with van der Waals surface area (Å²) in [5, 5.41) is 0. The van der Waals surface area contributed by atoms with Crippen molar-refractivity contribution in [1.29, 1.82) is 0 Å². The molecule has 118 valence electrons. The molecule has 0 radical (unpaired) electrons. The van der Waals surface area contributed by atoms with Gasteiger partial charge in [0.05, 0.1) is 0 Å². The fraction of sp³-hybridized carbons (Fsp3) is 0. The molecule has 0 saturated carbocycles. The molecule has 0 N–H and O–H groups in total. The van der Waals surface area contributed by atoms with Gasteiger partial charge in [-0.1, -0.05) is 0 Å². The van der Waals surface area contributed by atoms with E-state index >= 15 is 0 Å². The normalized spacial score (nSPS) is 12.6. The third-order valence-corrected chi connectivity index (χ3v) is 10.2. The van der Waals surface area contributed by atoms with Crippen molar-refractivity contribution >= 4 is 27.7 Å². The van der Waals surface area contributed by atoms with Crippen LogP contribution < -0.4 is 13.1 Å². The molecule has 1 heteroatoms. The molecule has 0 aliphatic carbocycles. The zero-order chi connectivity index (χ0) is 16.6. The Bertz CT molecular complexity index is 987. The predicted octanol–water partition coefficient (Wildman–Crippen LogP) is 3.85. The van der Waals surface area contributed by atoms with Gasteiger partial charge in [0, 0.05) is 0 Å². The van der Waals surface area contributed by atoms with Gasteiger partial charge in [-0.2, -0.15) is 0 Å². The van der Waals surface area contributed by atoms with Crippen molar-refractivity contribution in [2.75, 3.05) is 0 Å². The van der Waals surface area contributed by atoms with Crippen LogP contribution in [0.2, 0.25) is 0 Å². The molecule has 0 saturated heterocycles. The fourth-order valence-corrected chi connectivity index (χ4v) is 9.10. The van der Waals surface area contributed by atoms with E-state index in [4.69, 9.17) is 0 Å². The molecule has 1 aliphatic rings. The summed E-state index contributed by atoms with van der Waals surface area (Å²) in [6, 6.07) is 37.8. The third kappa shape index (κ3) is 2.46. The Balaban J connectivity index is 1.62. The average molecular weight is 380 g/mol. The zero-order valence-electron chi connectivity index (χ0n) is 13.8. The molecule has 1 aliphatic heterocycles. The number of benzene rings is 4. The predicted molar refractivity (Wildman–Crippen MR) is 108 cm³/mol. The minimum atomic E-state index is -1.43. The van der Waals surface area contributed by atoms with Crippen LogP contribution in [-0.2, 0) is 0 Å². The van der Waals surface area contributed by atoms with E-state index in [0.717, 1.165) is 0 Å². The summed E-state index contributed by atoms with van der Waals surface area (Å²) in [5.74, 6) is 0. The second kappa shape index (κ2) is 6.06. The van der Waals surface area contributed by atoms with Gasteiger partial charge in [-0.3, -0.25) is 0 Å². The van der Waals surface area contributed by atoms with Crippen LogP contribution in [0.15, 0.2) is 103 Å². The van der Waals surface area contributed by atoms with Gasteiger partial charge in [0.1, 0.15) is 0 Å². The Morgan fingerprint density at radius 3 is 1.48 bits per heavy atom. The topological polar surface area (TPSA) is 0 Å². The second-order valence-corrected chi connectivity index (χ2v) is 10.8. The van der Waals surface area contributed by atoms with E-state index in [9.17, 15) is 0 Å². The van der Waals surface area contributed by atoms with E-state index < -0.39 is 14.7 Å². The van der Waals surface area contributed by atoms with E-state index in [1.165, 1.54) is 26.6 Å². The van der Waals surface area contributed by atoms with E-state index in [-0.39, 0.29) is 0 Å². The number of hydrogen-bond donors (Lipinski definition) is 0. The first-order chi connectivity index (χ1) is 12.4. The fourth-order valence-electron chi connectivity index (χ4n) is 3.63. The van der Waals surface area contributed by atoms with Crippen molar-refractivity contribution in [2.45, 2.75) is 0 Å². The van der Waals surface area contributed by atoms with Crippen LogP contribution in [0.25, 0.3) is 22.3 Å². The molecule has 4 aromatic rings. The molecule has 1 heterocycles. The molecule has 0 nitrogen and oxygen atoms in total. The SMILES string of the molecule is c1ccc(-c2ccc([As]3c4ccccc4-c4ccccc43)cc2)cc1. The summed E-state index contributed by atoms with van der Waals surface area (Å²) < 4.78 is 4.62. The summed E-state index contributed by atoms with van der Waals surface area (Å²) in [6.07, 6.45) is 0. The van der Waals surface area contributed by atoms with Gasteiger partial charge in [0.2, 0.25) is 0 Å². The summed E-state index contributed by atoms with van der Waals surface area (Å²) >= 11 is -1.43. The van der Waals surface area contributed by atoms with Crippen LogP contribution in [0, 0.1) is 0 Å². The Labute approximate surface area is 153 Å². The zero-order valence-corrected chi connectivity index (χ0v) is 15.6. The first-order valence-electron chi connectivity index (χ1n) is 8.56. The van der Waals surface area contributed by atoms with Crippen LogP contribution in [0.3, 0.4) is 0 Å². The molecule has 0 atom stereocenters. The van der Waals surface area contributed by atoms with Crippen molar-refractivity contribution < 1.29 is 0 Å². The molecule has 4 aromatic carbocycles. The van der Waals surface area contributed by atoms with Gasteiger partial charge in [-0.05, 0) is 0 Å². The maximum absolute atomic E-state index is 2.35. The van der Waals surface area contributed by atoms with Crippen LogP contribution in [0.1, 0.15) is 0 Å². The third-order valence-electron chi connectivity index (χ3n) is 4.81. The van der Waals surface area contributed by atoms with Gasteiger partial charge < -0.3 is 0 Å². The Morgan fingerprint density at radius 1 is 0.400 bits per heavy atom. The summed E-state index contributed by atoms with van der Waals surface area (Å²) in [5.41, 5.74) is 5.44. The van der Waals surface area contributed by atoms with Gasteiger partial charge in [-0.25, -0.2) is 0 Å². The first kappa shape index (κ1) is 14.8. The molecule has 0 bridgehead atoms. The molecule has 0 spiro atoms. The van der Waals surface area contributed by atoms with Crippen molar-refractivity contribution in [1.82, 2.24) is 0 Å². The summed E-state index contributed by atoms with van der Waals surface area (Å²) in [4.78, 5) is 0. The first-order valence-corrected chi connectivity index (χ1v) is 11.4. The molecular weight excluding hydrogens is 363 g/mol. The Kier molecular flexibility index (Phi) is 3.58. The number of hydrogen-bond acceptors (Lipinski definition) is 0. The minimum absolute atomic E-state index is 1.28. The molecule has 0 aromatic heterocycles. The van der Waals surface area contributed by atoms with E-state index in [1.807, 2.05) is 0 Å². The van der Waals surface area contributed by atoms with Crippen LogP contribution in [-0.4, -0.2) is 14.7 Å². The quantitative estimate of drug-likeness (QED) is 0.408. The van der Waals surface area contributed by atoms with Crippen LogP contribution >= 0.6 is 0 Å². The van der Waals surface area contributed by atoms with Crippen LogP contribution in [0.5, 0.6) is 0 Å². The van der Waals surface area contributed by atoms with E-state index in [0.29, 0.717) is 0 Å². The monoisotopic (exact) mass is 380 g/mol. The van der Waals surface area contributed by atoms with Crippen molar-refractivity contribution in [3.63, 3.8) is 0 Å². The van der Waals surface area contributed by atoms with Crippen molar-refractivity contribution in [2.24, 2.45) is 0 Å². The van der Waals surface area contributed by atoms with Crippen molar-refractivity contribution in [3.8, 4) is 22.3 Å². The molecule has 25 heavy (non-hydrogen) atoms. The Morgan fingerprint density at radius 2 is 0.880 bits per heavy atom. The van der Waals surface area contributed by atoms with Gasteiger partial charge in [-0.15, -0.1) is 0 Å². The number of fused-ring (bicyclic) bond motifs is 3. The summed E-state index contributed by atoms with van der Waals surface area (Å²) in [6.45, 7) is 0. The number of rotatable bonds is 2. The van der Waals surface area contributed by atoms with Gasteiger partial charge in [0.25, 0.3) is 0 Å².